The molecule has 1 aliphatic heterocycles. The number of aliphatic hydroxyl groups is 2. The van der Waals surface area contributed by atoms with Crippen molar-refractivity contribution < 1.29 is 32.5 Å². The lowest BCUT2D eigenvalue weighted by atomic mass is 10.1. The molecule has 198 valence electrons. The summed E-state index contributed by atoms with van der Waals surface area (Å²) in [4.78, 5) is 17.2. The molecule has 0 saturated carbocycles. The SMILES string of the molecule is CCCCCCCCCC/C=C/CCCCC(=O)C1=NCC[N+]1(CCO)CC(O)CS(=O)(=O)O. The van der Waals surface area contributed by atoms with Gasteiger partial charge in [-0.3, -0.25) is 13.8 Å². The van der Waals surface area contributed by atoms with Gasteiger partial charge in [-0.1, -0.05) is 64.0 Å². The highest BCUT2D eigenvalue weighted by atomic mass is 32.2. The predicted octanol–water partition coefficient (Wildman–Crippen LogP) is 3.67. The standard InChI is InChI=1S/C25H46N2O6S/c1-2-3-4-5-6-7-8-9-10-11-12-13-14-15-16-24(30)25-26-17-18-27(25,19-20-28)21-23(29)22-34(31,32)33/h11-12,23,28-29H,2-10,13-22H2,1H3/p+1/b12-11+. The summed E-state index contributed by atoms with van der Waals surface area (Å²) in [5.41, 5.74) is 0. The molecule has 0 aromatic rings. The Morgan fingerprint density at radius 3 is 2.21 bits per heavy atom. The largest absolute Gasteiger partial charge is 0.390 e. The topological polar surface area (TPSA) is 124 Å². The van der Waals surface area contributed by atoms with Crippen LogP contribution in [0.5, 0.6) is 0 Å². The lowest BCUT2D eigenvalue weighted by molar-refractivity contribution is -0.837. The van der Waals surface area contributed by atoms with Crippen LogP contribution in [0, 0.1) is 0 Å². The zero-order valence-electron chi connectivity index (χ0n) is 21.0. The van der Waals surface area contributed by atoms with Gasteiger partial charge in [0, 0.05) is 6.42 Å². The highest BCUT2D eigenvalue weighted by Crippen LogP contribution is 2.20. The van der Waals surface area contributed by atoms with Gasteiger partial charge in [-0.2, -0.15) is 8.42 Å². The first kappa shape index (κ1) is 30.9. The van der Waals surface area contributed by atoms with Crippen molar-refractivity contribution in [3.05, 3.63) is 12.2 Å². The highest BCUT2D eigenvalue weighted by molar-refractivity contribution is 7.85. The van der Waals surface area contributed by atoms with E-state index < -0.39 is 22.0 Å². The molecule has 1 heterocycles. The summed E-state index contributed by atoms with van der Waals surface area (Å²) in [5, 5.41) is 19.6. The van der Waals surface area contributed by atoms with Gasteiger partial charge in [-0.15, -0.1) is 0 Å². The van der Waals surface area contributed by atoms with Crippen LogP contribution < -0.4 is 0 Å². The van der Waals surface area contributed by atoms with Crippen molar-refractivity contribution in [1.29, 1.82) is 0 Å². The molecule has 0 radical (unpaired) electrons. The van der Waals surface area contributed by atoms with E-state index >= 15 is 0 Å². The summed E-state index contributed by atoms with van der Waals surface area (Å²) >= 11 is 0. The Morgan fingerprint density at radius 2 is 1.62 bits per heavy atom. The van der Waals surface area contributed by atoms with Crippen LogP contribution in [0.15, 0.2) is 17.1 Å². The summed E-state index contributed by atoms with van der Waals surface area (Å²) in [6.07, 6.45) is 17.7. The van der Waals surface area contributed by atoms with Gasteiger partial charge in [0.1, 0.15) is 31.5 Å². The first-order valence-corrected chi connectivity index (χ1v) is 14.7. The second kappa shape index (κ2) is 17.3. The zero-order valence-corrected chi connectivity index (χ0v) is 21.9. The van der Waals surface area contributed by atoms with Crippen molar-refractivity contribution >= 4 is 21.7 Å². The van der Waals surface area contributed by atoms with Gasteiger partial charge in [0.05, 0.1) is 13.2 Å². The number of rotatable bonds is 21. The van der Waals surface area contributed by atoms with E-state index in [1.807, 2.05) is 0 Å². The summed E-state index contributed by atoms with van der Waals surface area (Å²) in [5.74, 6) is -0.618. The number of carbonyl (C=O) groups excluding carboxylic acids is 1. The molecule has 1 aliphatic rings. The van der Waals surface area contributed by atoms with E-state index in [1.54, 1.807) is 0 Å². The maximum absolute atomic E-state index is 12.8. The number of nitrogens with zero attached hydrogens (tertiary/aromatic N) is 2. The number of aliphatic hydroxyl groups excluding tert-OH is 2. The number of carbonyl (C=O) groups is 1. The Morgan fingerprint density at radius 1 is 1.03 bits per heavy atom. The number of quaternary nitrogens is 1. The van der Waals surface area contributed by atoms with E-state index in [9.17, 15) is 23.4 Å². The minimum Gasteiger partial charge on any atom is -0.390 e. The van der Waals surface area contributed by atoms with Crippen LogP contribution in [0.25, 0.3) is 0 Å². The molecule has 0 aromatic heterocycles. The van der Waals surface area contributed by atoms with E-state index in [-0.39, 0.29) is 30.0 Å². The number of amidine groups is 1. The van der Waals surface area contributed by atoms with E-state index in [1.165, 1.54) is 51.4 Å². The Bertz CT molecular complexity index is 738. The molecule has 0 spiro atoms. The normalized spacial score (nSPS) is 19.6. The number of allylic oxidation sites excluding steroid dienone is 2. The molecule has 0 fully saturated rings. The second-order valence-corrected chi connectivity index (χ2v) is 11.0. The number of aliphatic imine (C=N–C) groups is 1. The molecular formula is C25H47N2O6S+. The van der Waals surface area contributed by atoms with Gasteiger partial charge in [0.25, 0.3) is 16.0 Å². The zero-order chi connectivity index (χ0) is 25.3. The van der Waals surface area contributed by atoms with Crippen LogP contribution in [0.3, 0.4) is 0 Å². The third kappa shape index (κ3) is 13.1. The van der Waals surface area contributed by atoms with Gasteiger partial charge >= 0.3 is 0 Å². The quantitative estimate of drug-likeness (QED) is 0.0950. The Hall–Kier alpha value is -1.13. The molecule has 2 unspecified atom stereocenters. The Labute approximate surface area is 206 Å². The lowest BCUT2D eigenvalue weighted by Gasteiger charge is -2.34. The van der Waals surface area contributed by atoms with Crippen molar-refractivity contribution in [1.82, 2.24) is 0 Å². The number of ketones is 1. The van der Waals surface area contributed by atoms with Crippen LogP contribution in [0.1, 0.15) is 90.4 Å². The number of hydrogen-bond donors (Lipinski definition) is 3. The van der Waals surface area contributed by atoms with E-state index in [4.69, 9.17) is 4.55 Å². The molecule has 34 heavy (non-hydrogen) atoms. The summed E-state index contributed by atoms with van der Waals surface area (Å²) in [6.45, 7) is 2.94. The fraction of sp³-hybridized carbons (Fsp3) is 0.840. The molecule has 2 atom stereocenters. The molecule has 0 saturated heterocycles. The van der Waals surface area contributed by atoms with Crippen LogP contribution in [0.4, 0.5) is 0 Å². The van der Waals surface area contributed by atoms with E-state index in [0.717, 1.165) is 25.7 Å². The monoisotopic (exact) mass is 503 g/mol. The number of hydrogen-bond acceptors (Lipinski definition) is 6. The predicted molar refractivity (Wildman–Crippen MR) is 137 cm³/mol. The molecule has 3 N–H and O–H groups in total. The van der Waals surface area contributed by atoms with E-state index in [0.29, 0.717) is 25.3 Å². The van der Waals surface area contributed by atoms with Crippen molar-refractivity contribution in [3.8, 4) is 0 Å². The molecular weight excluding hydrogens is 456 g/mol. The number of unbranched alkanes of at least 4 members (excludes halogenated alkanes) is 10. The highest BCUT2D eigenvalue weighted by Gasteiger charge is 2.43. The van der Waals surface area contributed by atoms with Crippen LogP contribution in [-0.4, -0.2) is 83.9 Å². The Balaban J connectivity index is 2.30. The minimum absolute atomic E-state index is 0.0372. The second-order valence-electron chi connectivity index (χ2n) is 9.51. The van der Waals surface area contributed by atoms with Gasteiger partial charge in [-0.05, 0) is 32.1 Å². The minimum atomic E-state index is -4.34. The summed E-state index contributed by atoms with van der Waals surface area (Å²) in [7, 11) is -4.34. The Kier molecular flexibility index (Phi) is 15.7. The molecule has 0 aromatic carbocycles. The fourth-order valence-corrected chi connectivity index (χ4v) is 5.22. The van der Waals surface area contributed by atoms with Crippen molar-refractivity contribution in [2.45, 2.75) is 96.5 Å². The molecule has 0 bridgehead atoms. The first-order chi connectivity index (χ1) is 16.2. The van der Waals surface area contributed by atoms with Crippen LogP contribution in [-0.2, 0) is 14.9 Å². The lowest BCUT2D eigenvalue weighted by Crippen LogP contribution is -2.59. The average Bonchev–Trinajstić information content (AvgIpc) is 3.15. The van der Waals surface area contributed by atoms with Crippen molar-refractivity contribution in [2.75, 3.05) is 38.5 Å². The third-order valence-electron chi connectivity index (χ3n) is 6.40. The van der Waals surface area contributed by atoms with Crippen LogP contribution in [0.2, 0.25) is 0 Å². The molecule has 1 rings (SSSR count). The summed E-state index contributed by atoms with van der Waals surface area (Å²) < 4.78 is 31.1. The summed E-state index contributed by atoms with van der Waals surface area (Å²) in [6, 6.07) is 0. The maximum atomic E-state index is 12.8. The van der Waals surface area contributed by atoms with Crippen LogP contribution >= 0.6 is 0 Å². The van der Waals surface area contributed by atoms with E-state index in [2.05, 4.69) is 24.1 Å². The third-order valence-corrected chi connectivity index (χ3v) is 7.20. The first-order valence-electron chi connectivity index (χ1n) is 13.1. The van der Waals surface area contributed by atoms with Gasteiger partial charge in [-0.25, -0.2) is 4.99 Å². The molecule has 0 aliphatic carbocycles. The fourth-order valence-electron chi connectivity index (χ4n) is 4.62. The molecule has 9 heteroatoms. The maximum Gasteiger partial charge on any atom is 0.267 e. The van der Waals surface area contributed by atoms with Crippen molar-refractivity contribution in [3.63, 3.8) is 0 Å². The smallest absolute Gasteiger partial charge is 0.267 e. The molecule has 8 nitrogen and oxygen atoms in total. The number of Topliss-reactive ketones (excluding diaryl/α,β-unsaturated/α-hetero) is 1. The van der Waals surface area contributed by atoms with Crippen molar-refractivity contribution in [2.24, 2.45) is 4.99 Å². The molecule has 0 amide bonds. The average molecular weight is 504 g/mol. The van der Waals surface area contributed by atoms with Gasteiger partial charge < -0.3 is 10.2 Å². The van der Waals surface area contributed by atoms with Gasteiger partial charge in [0.2, 0.25) is 5.78 Å². The van der Waals surface area contributed by atoms with Gasteiger partial charge in [0.15, 0.2) is 0 Å².